The number of furan rings is 2. The lowest BCUT2D eigenvalue weighted by Gasteiger charge is -2.21. The predicted molar refractivity (Wildman–Crippen MR) is 201 cm³/mol. The molecule has 48 heavy (non-hydrogen) atoms. The number of aryl methyl sites for hydroxylation is 2. The molecule has 0 saturated carbocycles. The van der Waals surface area contributed by atoms with Gasteiger partial charge in [0, 0.05) is 21.9 Å². The van der Waals surface area contributed by atoms with Gasteiger partial charge in [-0.2, -0.15) is 0 Å². The molecule has 0 saturated heterocycles. The number of hydrogen-bond donors (Lipinski definition) is 0. The summed E-state index contributed by atoms with van der Waals surface area (Å²) in [5.74, 6) is 1.75. The predicted octanol–water partition coefficient (Wildman–Crippen LogP) is 13.4. The molecule has 2 heterocycles. The lowest BCUT2D eigenvalue weighted by molar-refractivity contribution is 0.632. The van der Waals surface area contributed by atoms with E-state index in [2.05, 4.69) is 135 Å². The number of rotatable bonds is 4. The van der Waals surface area contributed by atoms with Crippen LogP contribution < -0.4 is 0 Å². The Morgan fingerprint density at radius 2 is 0.708 bits per heavy atom. The molecule has 2 nitrogen and oxygen atoms in total. The highest BCUT2D eigenvalue weighted by molar-refractivity contribution is 6.32. The summed E-state index contributed by atoms with van der Waals surface area (Å²) in [5.41, 5.74) is 11.3. The molecular weight excluding hydrogens is 585 g/mol. The fraction of sp³-hybridized carbons (Fsp3) is 0.0435. The van der Waals surface area contributed by atoms with Crippen molar-refractivity contribution < 1.29 is 8.83 Å². The van der Waals surface area contributed by atoms with E-state index in [9.17, 15) is 0 Å². The SMILES string of the molecule is Cc1ccccc1-c1cc(-c2cc3ccccc3o2)c2ccc3c(-c4ccccc4C)cc(-c4cc5ccccc5o4)c4ccc1c2c43. The van der Waals surface area contributed by atoms with Gasteiger partial charge in [0.25, 0.3) is 0 Å². The van der Waals surface area contributed by atoms with Gasteiger partial charge in [0.2, 0.25) is 0 Å². The summed E-state index contributed by atoms with van der Waals surface area (Å²) >= 11 is 0. The second kappa shape index (κ2) is 10.2. The third-order valence-corrected chi connectivity index (χ3v) is 10.2. The number of benzene rings is 8. The molecule has 0 aliphatic carbocycles. The zero-order valence-electron chi connectivity index (χ0n) is 26.7. The Bertz CT molecular complexity index is 2600. The summed E-state index contributed by atoms with van der Waals surface area (Å²) in [6.45, 7) is 4.40. The van der Waals surface area contributed by atoms with Crippen molar-refractivity contribution in [2.24, 2.45) is 0 Å². The minimum absolute atomic E-state index is 0.876. The van der Waals surface area contributed by atoms with Crippen LogP contribution in [-0.4, -0.2) is 0 Å². The first-order valence-electron chi connectivity index (χ1n) is 16.5. The van der Waals surface area contributed by atoms with Crippen LogP contribution in [0.1, 0.15) is 11.1 Å². The molecule has 226 valence electrons. The summed E-state index contributed by atoms with van der Waals surface area (Å²) in [7, 11) is 0. The average Bonchev–Trinajstić information content (AvgIpc) is 3.76. The standard InChI is InChI=1S/C46H30O2/c1-27-11-3-7-15-31(27)37-25-39(43-23-29-13-5-9-17-41(29)47-43)35-22-20-34-38(32-16-8-4-12-28(32)2)26-40(36-21-19-33(37)45(35)46(34)36)44-24-30-14-6-10-18-42(30)48-44/h3-26H,1-2H3. The normalized spacial score (nSPS) is 12.0. The lowest BCUT2D eigenvalue weighted by Crippen LogP contribution is -1.95. The zero-order valence-corrected chi connectivity index (χ0v) is 26.7. The van der Waals surface area contributed by atoms with Gasteiger partial charge in [-0.3, -0.25) is 0 Å². The van der Waals surface area contributed by atoms with E-state index < -0.39 is 0 Å². The molecule has 0 unspecified atom stereocenters. The minimum Gasteiger partial charge on any atom is -0.456 e. The summed E-state index contributed by atoms with van der Waals surface area (Å²) in [6, 6.07) is 52.2. The van der Waals surface area contributed by atoms with E-state index in [0.717, 1.165) is 44.6 Å². The first-order chi connectivity index (χ1) is 23.6. The van der Waals surface area contributed by atoms with Gasteiger partial charge in [-0.25, -0.2) is 0 Å². The van der Waals surface area contributed by atoms with E-state index in [0.29, 0.717) is 0 Å². The first kappa shape index (κ1) is 27.0. The van der Waals surface area contributed by atoms with Gasteiger partial charge in [0.1, 0.15) is 22.7 Å². The average molecular weight is 615 g/mol. The molecule has 0 N–H and O–H groups in total. The Hall–Kier alpha value is -6.12. The third-order valence-electron chi connectivity index (χ3n) is 10.2. The Kier molecular flexibility index (Phi) is 5.74. The van der Waals surface area contributed by atoms with Crippen LogP contribution in [0.15, 0.2) is 154 Å². The van der Waals surface area contributed by atoms with Crippen molar-refractivity contribution in [3.63, 3.8) is 0 Å². The van der Waals surface area contributed by atoms with Crippen LogP contribution in [-0.2, 0) is 0 Å². The van der Waals surface area contributed by atoms with Crippen molar-refractivity contribution >= 4 is 54.3 Å². The van der Waals surface area contributed by atoms with Crippen molar-refractivity contribution in [1.29, 1.82) is 0 Å². The molecule has 2 heteroatoms. The van der Waals surface area contributed by atoms with Crippen molar-refractivity contribution in [2.75, 3.05) is 0 Å². The second-order valence-corrected chi connectivity index (χ2v) is 12.9. The Balaban J connectivity index is 1.40. The molecular formula is C46H30O2. The molecule has 10 aromatic rings. The maximum Gasteiger partial charge on any atom is 0.136 e. The molecule has 0 aliphatic heterocycles. The van der Waals surface area contributed by atoms with Gasteiger partial charge in [0.05, 0.1) is 0 Å². The van der Waals surface area contributed by atoms with E-state index in [1.54, 1.807) is 0 Å². The van der Waals surface area contributed by atoms with Crippen LogP contribution in [0.25, 0.3) is 99.2 Å². The van der Waals surface area contributed by atoms with E-state index in [1.807, 2.05) is 24.3 Å². The number of hydrogen-bond acceptors (Lipinski definition) is 2. The number of para-hydroxylation sites is 2. The van der Waals surface area contributed by atoms with Crippen LogP contribution >= 0.6 is 0 Å². The van der Waals surface area contributed by atoms with Crippen LogP contribution in [0.5, 0.6) is 0 Å². The molecule has 0 spiro atoms. The van der Waals surface area contributed by atoms with Gasteiger partial charge in [-0.05, 0) is 116 Å². The van der Waals surface area contributed by atoms with E-state index in [-0.39, 0.29) is 0 Å². The lowest BCUT2D eigenvalue weighted by atomic mass is 9.82. The summed E-state index contributed by atoms with van der Waals surface area (Å²) in [4.78, 5) is 0. The van der Waals surface area contributed by atoms with Gasteiger partial charge < -0.3 is 8.83 Å². The summed E-state index contributed by atoms with van der Waals surface area (Å²) < 4.78 is 13.2. The summed E-state index contributed by atoms with van der Waals surface area (Å²) in [6.07, 6.45) is 0. The molecule has 0 fully saturated rings. The van der Waals surface area contributed by atoms with Crippen LogP contribution in [0.4, 0.5) is 0 Å². The maximum absolute atomic E-state index is 6.59. The molecule has 0 aliphatic rings. The highest BCUT2D eigenvalue weighted by Crippen LogP contribution is 2.49. The number of fused-ring (bicyclic) bond motifs is 2. The fourth-order valence-corrected chi connectivity index (χ4v) is 7.83. The third kappa shape index (κ3) is 3.93. The largest absolute Gasteiger partial charge is 0.456 e. The van der Waals surface area contributed by atoms with Crippen molar-refractivity contribution in [3.05, 3.63) is 157 Å². The molecule has 0 radical (unpaired) electrons. The minimum atomic E-state index is 0.876. The Labute approximate surface area is 277 Å². The summed E-state index contributed by atoms with van der Waals surface area (Å²) in [5, 5.41) is 9.51. The van der Waals surface area contributed by atoms with Crippen molar-refractivity contribution in [2.45, 2.75) is 13.8 Å². The zero-order chi connectivity index (χ0) is 31.9. The van der Waals surface area contributed by atoms with Crippen LogP contribution in [0.3, 0.4) is 0 Å². The topological polar surface area (TPSA) is 26.3 Å². The first-order valence-corrected chi connectivity index (χ1v) is 16.5. The fourth-order valence-electron chi connectivity index (χ4n) is 7.83. The van der Waals surface area contributed by atoms with Gasteiger partial charge >= 0.3 is 0 Å². The molecule has 0 atom stereocenters. The molecule has 8 aromatic carbocycles. The molecule has 10 rings (SSSR count). The van der Waals surface area contributed by atoms with Gasteiger partial charge in [-0.1, -0.05) is 109 Å². The maximum atomic E-state index is 6.59. The Morgan fingerprint density at radius 3 is 1.12 bits per heavy atom. The quantitative estimate of drug-likeness (QED) is 0.184. The van der Waals surface area contributed by atoms with E-state index in [4.69, 9.17) is 8.83 Å². The van der Waals surface area contributed by atoms with E-state index in [1.165, 1.54) is 65.7 Å². The van der Waals surface area contributed by atoms with Crippen molar-refractivity contribution in [3.8, 4) is 44.9 Å². The Morgan fingerprint density at radius 1 is 0.333 bits per heavy atom. The molecule has 0 bridgehead atoms. The highest BCUT2D eigenvalue weighted by Gasteiger charge is 2.23. The van der Waals surface area contributed by atoms with Gasteiger partial charge in [0.15, 0.2) is 0 Å². The highest BCUT2D eigenvalue weighted by atomic mass is 16.3. The molecule has 0 amide bonds. The second-order valence-electron chi connectivity index (χ2n) is 12.9. The van der Waals surface area contributed by atoms with Crippen molar-refractivity contribution in [1.82, 2.24) is 0 Å². The van der Waals surface area contributed by atoms with Gasteiger partial charge in [-0.15, -0.1) is 0 Å². The molecule has 2 aromatic heterocycles. The smallest absolute Gasteiger partial charge is 0.136 e. The van der Waals surface area contributed by atoms with E-state index >= 15 is 0 Å². The monoisotopic (exact) mass is 614 g/mol. The van der Waals surface area contributed by atoms with Crippen LogP contribution in [0.2, 0.25) is 0 Å². The van der Waals surface area contributed by atoms with Crippen LogP contribution in [0, 0.1) is 13.8 Å².